The van der Waals surface area contributed by atoms with Crippen molar-refractivity contribution in [3.8, 4) is 0 Å². The van der Waals surface area contributed by atoms with E-state index in [0.717, 1.165) is 11.6 Å². The molecular formula is C15H19FN2O3S. The molecule has 1 atom stereocenters. The van der Waals surface area contributed by atoms with Crippen LogP contribution in [0.2, 0.25) is 0 Å². The van der Waals surface area contributed by atoms with Crippen molar-refractivity contribution in [3.05, 3.63) is 36.2 Å². The number of nitrogens with zero attached hydrogens (tertiary/aromatic N) is 1. The number of rotatable bonds is 5. The fourth-order valence-corrected chi connectivity index (χ4v) is 2.39. The number of benzene rings is 1. The molecule has 120 valence electrons. The maximum atomic E-state index is 13.7. The van der Waals surface area contributed by atoms with Gasteiger partial charge < -0.3 is 10.2 Å². The van der Waals surface area contributed by atoms with Crippen molar-refractivity contribution >= 4 is 28.3 Å². The number of anilines is 1. The Balaban J connectivity index is 2.83. The second kappa shape index (κ2) is 7.84. The highest BCUT2D eigenvalue weighted by atomic mass is 32.2. The normalized spacial score (nSPS) is 11.6. The van der Waals surface area contributed by atoms with Crippen LogP contribution in [0, 0.1) is 5.82 Å². The van der Waals surface area contributed by atoms with E-state index in [4.69, 9.17) is 0 Å². The van der Waals surface area contributed by atoms with E-state index in [1.165, 1.54) is 23.3 Å². The highest BCUT2D eigenvalue weighted by Gasteiger charge is 2.21. The first-order valence-corrected chi connectivity index (χ1v) is 8.19. The van der Waals surface area contributed by atoms with Gasteiger partial charge in [0, 0.05) is 25.0 Å². The van der Waals surface area contributed by atoms with Gasteiger partial charge in [0.15, 0.2) is 0 Å². The monoisotopic (exact) mass is 326 g/mol. The summed E-state index contributed by atoms with van der Waals surface area (Å²) in [5.41, 5.74) is 0.889. The largest absolute Gasteiger partial charge is 0.331 e. The van der Waals surface area contributed by atoms with E-state index in [2.05, 4.69) is 11.9 Å². The van der Waals surface area contributed by atoms with Gasteiger partial charge in [-0.1, -0.05) is 12.2 Å². The summed E-state index contributed by atoms with van der Waals surface area (Å²) in [5.74, 6) is -2.26. The average molecular weight is 326 g/mol. The molecule has 22 heavy (non-hydrogen) atoms. The highest BCUT2D eigenvalue weighted by Crippen LogP contribution is 2.17. The lowest BCUT2D eigenvalue weighted by molar-refractivity contribution is -0.142. The molecule has 0 saturated carbocycles. The van der Waals surface area contributed by atoms with Crippen LogP contribution in [-0.4, -0.2) is 40.3 Å². The number of halogens is 1. The second-order valence-electron chi connectivity index (χ2n) is 4.83. The first kappa shape index (κ1) is 18.0. The standard InChI is InChI=1S/C15H19FN2O3S/c1-5-18(9-10(2)3)15(20)14(19)17-11-6-7-13(22(4)21)12(16)8-11/h6-8H,2,5,9H2,1,3-4H3,(H,17,19). The molecular weight excluding hydrogens is 307 g/mol. The van der Waals surface area contributed by atoms with Crippen LogP contribution in [0.25, 0.3) is 0 Å². The Morgan fingerprint density at radius 2 is 2.05 bits per heavy atom. The van der Waals surface area contributed by atoms with Crippen LogP contribution in [0.5, 0.6) is 0 Å². The first-order chi connectivity index (χ1) is 10.3. The number of likely N-dealkylation sites (N-methyl/N-ethyl adjacent to an activating group) is 1. The quantitative estimate of drug-likeness (QED) is 0.664. The summed E-state index contributed by atoms with van der Waals surface area (Å²) in [6.07, 6.45) is 1.36. The maximum absolute atomic E-state index is 13.7. The van der Waals surface area contributed by atoms with E-state index in [9.17, 15) is 18.2 Å². The minimum atomic E-state index is -1.46. The molecule has 1 aromatic carbocycles. The molecule has 0 aliphatic carbocycles. The van der Waals surface area contributed by atoms with Crippen LogP contribution < -0.4 is 5.32 Å². The Morgan fingerprint density at radius 3 is 2.50 bits per heavy atom. The zero-order chi connectivity index (χ0) is 16.9. The van der Waals surface area contributed by atoms with E-state index in [-0.39, 0.29) is 17.1 Å². The van der Waals surface area contributed by atoms with E-state index < -0.39 is 28.4 Å². The average Bonchev–Trinajstić information content (AvgIpc) is 2.43. The third-order valence-electron chi connectivity index (χ3n) is 2.82. The zero-order valence-electron chi connectivity index (χ0n) is 12.8. The van der Waals surface area contributed by atoms with Gasteiger partial charge in [0.1, 0.15) is 5.82 Å². The molecule has 1 unspecified atom stereocenters. The topological polar surface area (TPSA) is 66.5 Å². The molecule has 0 fully saturated rings. The number of carbonyl (C=O) groups is 2. The molecule has 0 bridgehead atoms. The smallest absolute Gasteiger partial charge is 0.313 e. The molecule has 0 aliphatic rings. The van der Waals surface area contributed by atoms with Gasteiger partial charge in [-0.15, -0.1) is 0 Å². The number of hydrogen-bond donors (Lipinski definition) is 1. The lowest BCUT2D eigenvalue weighted by Gasteiger charge is -2.20. The van der Waals surface area contributed by atoms with Crippen molar-refractivity contribution in [3.63, 3.8) is 0 Å². The lowest BCUT2D eigenvalue weighted by Crippen LogP contribution is -2.40. The van der Waals surface area contributed by atoms with E-state index in [1.54, 1.807) is 13.8 Å². The number of carbonyl (C=O) groups excluding carboxylic acids is 2. The highest BCUT2D eigenvalue weighted by molar-refractivity contribution is 7.84. The molecule has 5 nitrogen and oxygen atoms in total. The van der Waals surface area contributed by atoms with E-state index in [0.29, 0.717) is 6.54 Å². The minimum absolute atomic E-state index is 0.0433. The SMILES string of the molecule is C=C(C)CN(CC)C(=O)C(=O)Nc1ccc(S(C)=O)c(F)c1. The van der Waals surface area contributed by atoms with Crippen LogP contribution in [0.15, 0.2) is 35.2 Å². The van der Waals surface area contributed by atoms with Crippen molar-refractivity contribution in [1.29, 1.82) is 0 Å². The molecule has 1 N–H and O–H groups in total. The summed E-state index contributed by atoms with van der Waals surface area (Å²) < 4.78 is 25.0. The fraction of sp³-hybridized carbons (Fsp3) is 0.333. The van der Waals surface area contributed by atoms with Gasteiger partial charge in [-0.3, -0.25) is 13.8 Å². The Bertz CT molecular complexity index is 631. The summed E-state index contributed by atoms with van der Waals surface area (Å²) in [4.78, 5) is 25.3. The predicted molar refractivity (Wildman–Crippen MR) is 84.4 cm³/mol. The van der Waals surface area contributed by atoms with Gasteiger partial charge in [-0.2, -0.15) is 0 Å². The number of amides is 2. The number of nitrogens with one attached hydrogen (secondary N) is 1. The van der Waals surface area contributed by atoms with Gasteiger partial charge in [0.05, 0.1) is 15.7 Å². The van der Waals surface area contributed by atoms with Crippen LogP contribution in [-0.2, 0) is 20.4 Å². The molecule has 0 aromatic heterocycles. The van der Waals surface area contributed by atoms with Crippen LogP contribution in [0.4, 0.5) is 10.1 Å². The predicted octanol–water partition coefficient (Wildman–Crippen LogP) is 1.93. The summed E-state index contributed by atoms with van der Waals surface area (Å²) in [6.45, 7) is 7.85. The Kier molecular flexibility index (Phi) is 6.42. The van der Waals surface area contributed by atoms with Gasteiger partial charge in [0.25, 0.3) is 0 Å². The van der Waals surface area contributed by atoms with Crippen molar-refractivity contribution in [1.82, 2.24) is 4.90 Å². The van der Waals surface area contributed by atoms with Crippen molar-refractivity contribution in [2.45, 2.75) is 18.7 Å². The maximum Gasteiger partial charge on any atom is 0.313 e. The van der Waals surface area contributed by atoms with Crippen molar-refractivity contribution in [2.75, 3.05) is 24.7 Å². The summed E-state index contributed by atoms with van der Waals surface area (Å²) >= 11 is 0. The van der Waals surface area contributed by atoms with Gasteiger partial charge >= 0.3 is 11.8 Å². The van der Waals surface area contributed by atoms with Crippen LogP contribution in [0.1, 0.15) is 13.8 Å². The zero-order valence-corrected chi connectivity index (χ0v) is 13.6. The first-order valence-electron chi connectivity index (χ1n) is 6.63. The van der Waals surface area contributed by atoms with Gasteiger partial charge in [-0.25, -0.2) is 4.39 Å². The molecule has 0 radical (unpaired) electrons. The summed E-state index contributed by atoms with van der Waals surface area (Å²) in [6, 6.07) is 3.76. The number of hydrogen-bond acceptors (Lipinski definition) is 3. The van der Waals surface area contributed by atoms with E-state index >= 15 is 0 Å². The van der Waals surface area contributed by atoms with Crippen LogP contribution in [0.3, 0.4) is 0 Å². The Labute approximate surface area is 131 Å². The van der Waals surface area contributed by atoms with Crippen LogP contribution >= 0.6 is 0 Å². The lowest BCUT2D eigenvalue weighted by atomic mass is 10.3. The van der Waals surface area contributed by atoms with Gasteiger partial charge in [-0.05, 0) is 32.0 Å². The molecule has 1 aromatic rings. The Hall–Kier alpha value is -2.02. The molecule has 0 saturated heterocycles. The molecule has 0 spiro atoms. The molecule has 2 amide bonds. The Morgan fingerprint density at radius 1 is 1.41 bits per heavy atom. The minimum Gasteiger partial charge on any atom is -0.331 e. The molecule has 0 heterocycles. The fourth-order valence-electron chi connectivity index (χ4n) is 1.79. The summed E-state index contributed by atoms with van der Waals surface area (Å²) in [7, 11) is -1.46. The molecule has 0 aliphatic heterocycles. The van der Waals surface area contributed by atoms with E-state index in [1.807, 2.05) is 0 Å². The molecule has 1 rings (SSSR count). The third-order valence-corrected chi connectivity index (χ3v) is 3.77. The van der Waals surface area contributed by atoms with Crippen molar-refractivity contribution in [2.24, 2.45) is 0 Å². The van der Waals surface area contributed by atoms with Gasteiger partial charge in [0.2, 0.25) is 0 Å². The third kappa shape index (κ3) is 4.77. The van der Waals surface area contributed by atoms with Crippen molar-refractivity contribution < 1.29 is 18.2 Å². The molecule has 7 heteroatoms. The summed E-state index contributed by atoms with van der Waals surface area (Å²) in [5, 5.41) is 2.34. The second-order valence-corrected chi connectivity index (χ2v) is 6.18.